The molecule has 0 rings (SSSR count). The van der Waals surface area contributed by atoms with E-state index in [1.807, 2.05) is 0 Å². The van der Waals surface area contributed by atoms with Crippen molar-refractivity contribution in [3.8, 4) is 0 Å². The summed E-state index contributed by atoms with van der Waals surface area (Å²) in [5.74, 6) is 3.50. The minimum absolute atomic E-state index is 0.851. The van der Waals surface area contributed by atoms with Crippen molar-refractivity contribution in [2.75, 3.05) is 18.1 Å². The summed E-state index contributed by atoms with van der Waals surface area (Å²) in [6.45, 7) is 5.42. The number of rotatable bonds is 7. The molecule has 2 heteroatoms. The monoisotopic (exact) mass is 175 g/mol. The van der Waals surface area contributed by atoms with Crippen molar-refractivity contribution in [3.05, 3.63) is 0 Å². The van der Waals surface area contributed by atoms with Gasteiger partial charge in [-0.1, -0.05) is 20.3 Å². The highest BCUT2D eigenvalue weighted by atomic mass is 32.2. The molecule has 1 unspecified atom stereocenters. The number of nitrogens with two attached hydrogens (primary N) is 1. The van der Waals surface area contributed by atoms with Gasteiger partial charge < -0.3 is 5.73 Å². The average Bonchev–Trinajstić information content (AvgIpc) is 2.04. The van der Waals surface area contributed by atoms with Crippen molar-refractivity contribution >= 4 is 11.8 Å². The minimum atomic E-state index is 0.851. The summed E-state index contributed by atoms with van der Waals surface area (Å²) in [6.07, 6.45) is 3.79. The summed E-state index contributed by atoms with van der Waals surface area (Å²) >= 11 is 2.07. The van der Waals surface area contributed by atoms with E-state index in [1.165, 1.54) is 30.8 Å². The Morgan fingerprint density at radius 1 is 1.36 bits per heavy atom. The molecule has 1 atom stereocenters. The molecule has 1 nitrogen and oxygen atoms in total. The quantitative estimate of drug-likeness (QED) is 0.602. The van der Waals surface area contributed by atoms with Crippen molar-refractivity contribution in [1.82, 2.24) is 0 Å². The molecule has 68 valence electrons. The third-order valence-corrected chi connectivity index (χ3v) is 3.22. The van der Waals surface area contributed by atoms with Gasteiger partial charge in [0.05, 0.1) is 0 Å². The molecule has 0 bridgehead atoms. The van der Waals surface area contributed by atoms with Crippen LogP contribution in [-0.4, -0.2) is 18.1 Å². The highest BCUT2D eigenvalue weighted by Gasteiger charge is 1.97. The van der Waals surface area contributed by atoms with Crippen LogP contribution in [-0.2, 0) is 0 Å². The fraction of sp³-hybridized carbons (Fsp3) is 1.00. The fourth-order valence-electron chi connectivity index (χ4n) is 0.751. The Labute approximate surface area is 75.1 Å². The lowest BCUT2D eigenvalue weighted by atomic mass is 10.2. The first-order valence-electron chi connectivity index (χ1n) is 4.59. The first-order valence-corrected chi connectivity index (χ1v) is 5.74. The highest BCUT2D eigenvalue weighted by molar-refractivity contribution is 7.99. The summed E-state index contributed by atoms with van der Waals surface area (Å²) in [7, 11) is 0. The molecule has 2 N–H and O–H groups in total. The van der Waals surface area contributed by atoms with E-state index in [-0.39, 0.29) is 0 Å². The van der Waals surface area contributed by atoms with Crippen LogP contribution < -0.4 is 5.73 Å². The maximum atomic E-state index is 5.39. The molecule has 0 amide bonds. The first-order chi connectivity index (χ1) is 5.31. The van der Waals surface area contributed by atoms with Gasteiger partial charge in [-0.15, -0.1) is 0 Å². The van der Waals surface area contributed by atoms with Crippen molar-refractivity contribution in [3.63, 3.8) is 0 Å². The van der Waals surface area contributed by atoms with Crippen molar-refractivity contribution < 1.29 is 0 Å². The molecule has 0 aromatic rings. The summed E-state index contributed by atoms with van der Waals surface area (Å²) in [5.41, 5.74) is 5.39. The molecule has 0 aliphatic heterocycles. The summed E-state index contributed by atoms with van der Waals surface area (Å²) in [5, 5.41) is 0. The number of unbranched alkanes of at least 4 members (excludes halogenated alkanes) is 1. The standard InChI is InChI=1S/C9H21NS/c1-3-9(2)8-11-7-5-4-6-10/h9H,3-8,10H2,1-2H3. The molecule has 0 aromatic carbocycles. The van der Waals surface area contributed by atoms with Crippen molar-refractivity contribution in [2.24, 2.45) is 11.7 Å². The van der Waals surface area contributed by atoms with Crippen LogP contribution in [0.15, 0.2) is 0 Å². The Bertz CT molecular complexity index is 76.0. The second-order valence-electron chi connectivity index (χ2n) is 3.08. The molecule has 0 aliphatic rings. The van der Waals surface area contributed by atoms with Gasteiger partial charge in [-0.05, 0) is 36.8 Å². The molecule has 0 saturated carbocycles. The molecule has 0 fully saturated rings. The van der Waals surface area contributed by atoms with Gasteiger partial charge in [-0.3, -0.25) is 0 Å². The van der Waals surface area contributed by atoms with E-state index in [2.05, 4.69) is 25.6 Å². The largest absolute Gasteiger partial charge is 0.330 e. The second kappa shape index (κ2) is 8.41. The highest BCUT2D eigenvalue weighted by Crippen LogP contribution is 2.12. The van der Waals surface area contributed by atoms with Crippen LogP contribution in [0.2, 0.25) is 0 Å². The number of thioether (sulfide) groups is 1. The Hall–Kier alpha value is 0.310. The zero-order valence-electron chi connectivity index (χ0n) is 7.81. The maximum absolute atomic E-state index is 5.39. The first kappa shape index (κ1) is 11.3. The SMILES string of the molecule is CCC(C)CSCCCCN. The van der Waals surface area contributed by atoms with E-state index >= 15 is 0 Å². The predicted octanol–water partition coefficient (Wildman–Crippen LogP) is 2.50. The normalized spacial score (nSPS) is 13.4. The lowest BCUT2D eigenvalue weighted by Crippen LogP contribution is -2.00. The Kier molecular flexibility index (Phi) is 8.64. The summed E-state index contributed by atoms with van der Waals surface area (Å²) in [6, 6.07) is 0. The van der Waals surface area contributed by atoms with E-state index in [9.17, 15) is 0 Å². The minimum Gasteiger partial charge on any atom is -0.330 e. The predicted molar refractivity (Wildman–Crippen MR) is 55.1 cm³/mol. The van der Waals surface area contributed by atoms with Gasteiger partial charge in [-0.25, -0.2) is 0 Å². The Morgan fingerprint density at radius 2 is 2.09 bits per heavy atom. The molecule has 0 radical (unpaired) electrons. The van der Waals surface area contributed by atoms with Crippen LogP contribution in [0, 0.1) is 5.92 Å². The van der Waals surface area contributed by atoms with E-state index in [1.54, 1.807) is 0 Å². The third-order valence-electron chi connectivity index (χ3n) is 1.84. The topological polar surface area (TPSA) is 26.0 Å². The smallest absolute Gasteiger partial charge is 0.00419 e. The fourth-order valence-corrected chi connectivity index (χ4v) is 1.96. The zero-order valence-corrected chi connectivity index (χ0v) is 8.62. The van der Waals surface area contributed by atoms with E-state index in [0.717, 1.165) is 12.5 Å². The van der Waals surface area contributed by atoms with Gasteiger partial charge in [0.15, 0.2) is 0 Å². The van der Waals surface area contributed by atoms with Crippen molar-refractivity contribution in [2.45, 2.75) is 33.1 Å². The van der Waals surface area contributed by atoms with Crippen molar-refractivity contribution in [1.29, 1.82) is 0 Å². The van der Waals surface area contributed by atoms with Gasteiger partial charge in [0, 0.05) is 0 Å². The van der Waals surface area contributed by atoms with Crippen LogP contribution in [0.25, 0.3) is 0 Å². The van der Waals surface area contributed by atoms with Crippen LogP contribution in [0.4, 0.5) is 0 Å². The third kappa shape index (κ3) is 8.21. The number of hydrogen-bond donors (Lipinski definition) is 1. The van der Waals surface area contributed by atoms with Crippen LogP contribution >= 0.6 is 11.8 Å². The second-order valence-corrected chi connectivity index (χ2v) is 4.23. The van der Waals surface area contributed by atoms with Gasteiger partial charge in [0.1, 0.15) is 0 Å². The molecule has 0 saturated heterocycles. The van der Waals surface area contributed by atoms with Gasteiger partial charge in [0.2, 0.25) is 0 Å². The maximum Gasteiger partial charge on any atom is -0.00419 e. The van der Waals surface area contributed by atoms with Gasteiger partial charge in [0.25, 0.3) is 0 Å². The molecule has 0 aliphatic carbocycles. The molecule has 0 heterocycles. The molecule has 11 heavy (non-hydrogen) atoms. The van der Waals surface area contributed by atoms with Crippen LogP contribution in [0.5, 0.6) is 0 Å². The molecule has 0 aromatic heterocycles. The Morgan fingerprint density at radius 3 is 2.64 bits per heavy atom. The average molecular weight is 175 g/mol. The molecular weight excluding hydrogens is 154 g/mol. The molecular formula is C9H21NS. The lowest BCUT2D eigenvalue weighted by Gasteiger charge is -2.06. The van der Waals surface area contributed by atoms with Gasteiger partial charge in [-0.2, -0.15) is 11.8 Å². The van der Waals surface area contributed by atoms with Crippen LogP contribution in [0.3, 0.4) is 0 Å². The van der Waals surface area contributed by atoms with E-state index < -0.39 is 0 Å². The number of hydrogen-bond acceptors (Lipinski definition) is 2. The van der Waals surface area contributed by atoms with Gasteiger partial charge >= 0.3 is 0 Å². The Balaban J connectivity index is 2.89. The van der Waals surface area contributed by atoms with E-state index in [4.69, 9.17) is 5.73 Å². The summed E-state index contributed by atoms with van der Waals surface area (Å²) in [4.78, 5) is 0. The van der Waals surface area contributed by atoms with Crippen LogP contribution in [0.1, 0.15) is 33.1 Å². The zero-order chi connectivity index (χ0) is 8.53. The summed E-state index contributed by atoms with van der Waals surface area (Å²) < 4.78 is 0. The van der Waals surface area contributed by atoms with E-state index in [0.29, 0.717) is 0 Å². The lowest BCUT2D eigenvalue weighted by molar-refractivity contribution is 0.636. The molecule has 0 spiro atoms.